The molecule has 1 N–H and O–H groups in total. The fraction of sp³-hybridized carbons (Fsp3) is 0.353. The van der Waals surface area contributed by atoms with Crippen LogP contribution in [0.25, 0.3) is 11.3 Å². The quantitative estimate of drug-likeness (QED) is 0.681. The SMILES string of the molecule is Cc1ccc(/C(O)=C(\C#N)c2nnc3n2CCCCC3)cc1. The zero-order valence-electron chi connectivity index (χ0n) is 12.6. The summed E-state index contributed by atoms with van der Waals surface area (Å²) in [6.07, 6.45) is 4.16. The van der Waals surface area contributed by atoms with E-state index in [1.54, 1.807) is 0 Å². The second kappa shape index (κ2) is 6.02. The summed E-state index contributed by atoms with van der Waals surface area (Å²) in [6.45, 7) is 2.78. The van der Waals surface area contributed by atoms with Gasteiger partial charge in [-0.3, -0.25) is 0 Å². The molecule has 0 unspecified atom stereocenters. The van der Waals surface area contributed by atoms with Crippen molar-refractivity contribution >= 4 is 11.3 Å². The Hall–Kier alpha value is -2.61. The highest BCUT2D eigenvalue weighted by Gasteiger charge is 2.21. The molecule has 1 aromatic heterocycles. The molecule has 3 rings (SSSR count). The van der Waals surface area contributed by atoms with Gasteiger partial charge < -0.3 is 9.67 Å². The molecule has 1 aliphatic rings. The van der Waals surface area contributed by atoms with Crippen molar-refractivity contribution in [1.82, 2.24) is 14.8 Å². The number of hydrogen-bond donors (Lipinski definition) is 1. The van der Waals surface area contributed by atoms with Crippen LogP contribution in [0.3, 0.4) is 0 Å². The molecule has 0 aliphatic carbocycles. The van der Waals surface area contributed by atoms with Crippen molar-refractivity contribution in [3.63, 3.8) is 0 Å². The molecule has 0 atom stereocenters. The lowest BCUT2D eigenvalue weighted by molar-refractivity contribution is 0.513. The third-order valence-electron chi connectivity index (χ3n) is 4.01. The molecule has 5 heteroatoms. The Kier molecular flexibility index (Phi) is 3.92. The Bertz CT molecular complexity index is 750. The molecule has 5 nitrogen and oxygen atoms in total. The Morgan fingerprint density at radius 3 is 2.68 bits per heavy atom. The van der Waals surface area contributed by atoms with Crippen molar-refractivity contribution in [2.75, 3.05) is 0 Å². The average Bonchev–Trinajstić information content (AvgIpc) is 2.78. The van der Waals surface area contributed by atoms with E-state index in [4.69, 9.17) is 0 Å². The third kappa shape index (κ3) is 2.60. The lowest BCUT2D eigenvalue weighted by Gasteiger charge is -2.08. The first kappa shape index (κ1) is 14.3. The van der Waals surface area contributed by atoms with Crippen LogP contribution in [0.5, 0.6) is 0 Å². The van der Waals surface area contributed by atoms with Gasteiger partial charge in [0.15, 0.2) is 5.82 Å². The van der Waals surface area contributed by atoms with Crippen LogP contribution in [0.4, 0.5) is 0 Å². The van der Waals surface area contributed by atoms with Crippen LogP contribution in [0, 0.1) is 18.3 Å². The van der Waals surface area contributed by atoms with Crippen molar-refractivity contribution in [2.24, 2.45) is 0 Å². The second-order valence-electron chi connectivity index (χ2n) is 5.60. The third-order valence-corrected chi connectivity index (χ3v) is 4.01. The van der Waals surface area contributed by atoms with E-state index < -0.39 is 0 Å². The molecule has 0 amide bonds. The Morgan fingerprint density at radius 2 is 1.95 bits per heavy atom. The first-order valence-corrected chi connectivity index (χ1v) is 7.53. The van der Waals surface area contributed by atoms with E-state index in [9.17, 15) is 10.4 Å². The minimum Gasteiger partial charge on any atom is -0.506 e. The van der Waals surface area contributed by atoms with Crippen molar-refractivity contribution in [1.29, 1.82) is 5.26 Å². The van der Waals surface area contributed by atoms with Gasteiger partial charge >= 0.3 is 0 Å². The topological polar surface area (TPSA) is 74.7 Å². The first-order valence-electron chi connectivity index (χ1n) is 7.53. The standard InChI is InChI=1S/C17H18N4O/c1-12-6-8-13(9-7-12)16(22)14(11-18)17-20-19-15-5-3-2-4-10-21(15)17/h6-9,22H,2-5,10H2,1H3/b16-14-. The van der Waals surface area contributed by atoms with E-state index in [0.717, 1.165) is 43.6 Å². The number of aryl methyl sites for hydroxylation is 2. The normalized spacial score (nSPS) is 15.5. The lowest BCUT2D eigenvalue weighted by atomic mass is 10.1. The summed E-state index contributed by atoms with van der Waals surface area (Å²) in [6, 6.07) is 9.52. The number of fused-ring (bicyclic) bond motifs is 1. The van der Waals surface area contributed by atoms with E-state index in [-0.39, 0.29) is 11.3 Å². The summed E-state index contributed by atoms with van der Waals surface area (Å²) >= 11 is 0. The molecule has 0 fully saturated rings. The smallest absolute Gasteiger partial charge is 0.178 e. The van der Waals surface area contributed by atoms with E-state index in [2.05, 4.69) is 16.3 Å². The highest BCUT2D eigenvalue weighted by Crippen LogP contribution is 2.25. The minimum absolute atomic E-state index is 0.0399. The molecule has 0 saturated carbocycles. The number of nitrogens with zero attached hydrogens (tertiary/aromatic N) is 4. The van der Waals surface area contributed by atoms with Gasteiger partial charge in [0.05, 0.1) is 0 Å². The van der Waals surface area contributed by atoms with Gasteiger partial charge in [-0.2, -0.15) is 5.26 Å². The van der Waals surface area contributed by atoms with Crippen LogP contribution in [-0.4, -0.2) is 19.9 Å². The van der Waals surface area contributed by atoms with Crippen molar-refractivity contribution < 1.29 is 5.11 Å². The van der Waals surface area contributed by atoms with Crippen LogP contribution in [-0.2, 0) is 13.0 Å². The highest BCUT2D eigenvalue weighted by molar-refractivity contribution is 5.92. The van der Waals surface area contributed by atoms with E-state index in [1.165, 1.54) is 0 Å². The zero-order chi connectivity index (χ0) is 15.5. The van der Waals surface area contributed by atoms with Gasteiger partial charge in [-0.25, -0.2) is 0 Å². The molecule has 2 heterocycles. The number of hydrogen-bond acceptors (Lipinski definition) is 4. The molecule has 22 heavy (non-hydrogen) atoms. The van der Waals surface area contributed by atoms with Crippen LogP contribution >= 0.6 is 0 Å². The molecule has 1 aromatic carbocycles. The Balaban J connectivity index is 2.08. The highest BCUT2D eigenvalue weighted by atomic mass is 16.3. The Labute approximate surface area is 129 Å². The van der Waals surface area contributed by atoms with Gasteiger partial charge in [-0.05, 0) is 19.8 Å². The van der Waals surface area contributed by atoms with Gasteiger partial charge in [0, 0.05) is 18.5 Å². The average molecular weight is 294 g/mol. The van der Waals surface area contributed by atoms with Crippen LogP contribution in [0.2, 0.25) is 0 Å². The van der Waals surface area contributed by atoms with Gasteiger partial charge in [-0.1, -0.05) is 36.2 Å². The summed E-state index contributed by atoms with van der Waals surface area (Å²) in [7, 11) is 0. The molecular weight excluding hydrogens is 276 g/mol. The number of aromatic nitrogens is 3. The minimum atomic E-state index is -0.0399. The van der Waals surface area contributed by atoms with Crippen LogP contribution in [0.15, 0.2) is 24.3 Å². The van der Waals surface area contributed by atoms with E-state index in [0.29, 0.717) is 11.4 Å². The van der Waals surface area contributed by atoms with Gasteiger partial charge in [0.1, 0.15) is 23.2 Å². The van der Waals surface area contributed by atoms with Crippen molar-refractivity contribution in [3.05, 3.63) is 47.0 Å². The number of allylic oxidation sites excluding steroid dienone is 1. The first-order chi connectivity index (χ1) is 10.7. The molecule has 0 spiro atoms. The fourth-order valence-electron chi connectivity index (χ4n) is 2.73. The van der Waals surface area contributed by atoms with Crippen LogP contribution < -0.4 is 0 Å². The van der Waals surface area contributed by atoms with Crippen LogP contribution in [0.1, 0.15) is 42.0 Å². The number of nitriles is 1. The molecule has 1 aliphatic heterocycles. The monoisotopic (exact) mass is 294 g/mol. The summed E-state index contributed by atoms with van der Waals surface area (Å²) in [5.41, 5.74) is 1.91. The molecule has 112 valence electrons. The van der Waals surface area contributed by atoms with Gasteiger partial charge in [0.2, 0.25) is 0 Å². The number of rotatable bonds is 2. The van der Waals surface area contributed by atoms with Crippen molar-refractivity contribution in [3.8, 4) is 6.07 Å². The van der Waals surface area contributed by atoms with Crippen molar-refractivity contribution in [2.45, 2.75) is 39.2 Å². The molecular formula is C17H18N4O. The largest absolute Gasteiger partial charge is 0.506 e. The summed E-state index contributed by atoms with van der Waals surface area (Å²) in [5, 5.41) is 28.3. The second-order valence-corrected chi connectivity index (χ2v) is 5.60. The maximum Gasteiger partial charge on any atom is 0.178 e. The fourth-order valence-corrected chi connectivity index (χ4v) is 2.73. The number of benzene rings is 1. The van der Waals surface area contributed by atoms with E-state index in [1.807, 2.05) is 35.8 Å². The van der Waals surface area contributed by atoms with Gasteiger partial charge in [0.25, 0.3) is 0 Å². The van der Waals surface area contributed by atoms with Gasteiger partial charge in [-0.15, -0.1) is 10.2 Å². The molecule has 0 radical (unpaired) electrons. The number of aliphatic hydroxyl groups is 1. The number of aliphatic hydroxyl groups excluding tert-OH is 1. The maximum absolute atomic E-state index is 10.5. The predicted octanol–water partition coefficient (Wildman–Crippen LogP) is 3.26. The predicted molar refractivity (Wildman–Crippen MR) is 83.8 cm³/mol. The molecule has 2 aromatic rings. The zero-order valence-corrected chi connectivity index (χ0v) is 12.6. The summed E-state index contributed by atoms with van der Waals surface area (Å²) < 4.78 is 1.97. The van der Waals surface area contributed by atoms with E-state index >= 15 is 0 Å². The molecule has 0 saturated heterocycles. The molecule has 0 bridgehead atoms. The summed E-state index contributed by atoms with van der Waals surface area (Å²) in [5.74, 6) is 1.33. The summed E-state index contributed by atoms with van der Waals surface area (Å²) in [4.78, 5) is 0. The maximum atomic E-state index is 10.5. The lowest BCUT2D eigenvalue weighted by Crippen LogP contribution is -2.06. The Morgan fingerprint density at radius 1 is 1.18 bits per heavy atom.